The van der Waals surface area contributed by atoms with Crippen molar-refractivity contribution in [3.8, 4) is 56.2 Å². The average Bonchev–Trinajstić information content (AvgIpc) is 3.11. The van der Waals surface area contributed by atoms with Gasteiger partial charge in [-0.3, -0.25) is 0 Å². The first-order valence-corrected chi connectivity index (χ1v) is 15.3. The molecule has 45 heavy (non-hydrogen) atoms. The van der Waals surface area contributed by atoms with Crippen LogP contribution in [0, 0.1) is 0 Å². The van der Waals surface area contributed by atoms with Gasteiger partial charge in [0.15, 0.2) is 11.6 Å². The quantitative estimate of drug-likeness (QED) is 0.199. The lowest BCUT2D eigenvalue weighted by Crippen LogP contribution is -1.97. The monoisotopic (exact) mass is 595 g/mol. The van der Waals surface area contributed by atoms with Crippen molar-refractivity contribution in [3.05, 3.63) is 163 Å². The minimum absolute atomic E-state index is 0.164. The molecule has 1 aromatic heterocycles. The molecular weight excluding hydrogens is 570 g/mol. The van der Waals surface area contributed by atoms with Crippen LogP contribution in [0.4, 0.5) is 0 Å². The zero-order chi connectivity index (χ0) is 30.2. The van der Waals surface area contributed by atoms with E-state index < -0.39 is 0 Å². The number of hydrogen-bond acceptors (Lipinski definition) is 3. The highest BCUT2D eigenvalue weighted by Crippen LogP contribution is 2.34. The molecule has 0 radical (unpaired) electrons. The minimum atomic E-state index is 0.164. The van der Waals surface area contributed by atoms with Crippen molar-refractivity contribution >= 4 is 33.1 Å². The number of hydrogen-bond donors (Lipinski definition) is 0. The molecule has 212 valence electrons. The fraction of sp³-hybridized carbons (Fsp3) is 0. The zero-order valence-corrected chi connectivity index (χ0v) is 25.0. The number of rotatable bonds is 5. The SMILES string of the molecule is Clc1nc(-c2cccc(-c3ccc(-c4ccccc4)cc3)c2)nc(-c2ccc3c(-c4ccc5ccccc5c4)cccc3c2)n1. The molecule has 1 heterocycles. The standard InChI is InChI=1S/C41H26ClN3/c42-41-44-39(35-14-6-12-32(25-35)30-18-16-29(17-19-30)27-8-2-1-3-9-27)43-40(45-41)36-22-23-38-33(26-36)13-7-15-37(38)34-21-20-28-10-4-5-11-31(28)24-34/h1-26H. The van der Waals surface area contributed by atoms with E-state index in [1.807, 2.05) is 18.2 Å². The maximum Gasteiger partial charge on any atom is 0.226 e. The van der Waals surface area contributed by atoms with Crippen molar-refractivity contribution in [3.63, 3.8) is 0 Å². The van der Waals surface area contributed by atoms with Gasteiger partial charge in [0.2, 0.25) is 5.28 Å². The highest BCUT2D eigenvalue weighted by atomic mass is 35.5. The van der Waals surface area contributed by atoms with Crippen LogP contribution < -0.4 is 0 Å². The Bertz CT molecular complexity index is 2330. The molecule has 8 aromatic rings. The Morgan fingerprint density at radius 1 is 0.333 bits per heavy atom. The lowest BCUT2D eigenvalue weighted by atomic mass is 9.95. The fourth-order valence-corrected chi connectivity index (χ4v) is 6.12. The summed E-state index contributed by atoms with van der Waals surface area (Å²) in [5, 5.41) is 4.90. The van der Waals surface area contributed by atoms with Crippen molar-refractivity contribution in [1.82, 2.24) is 15.0 Å². The topological polar surface area (TPSA) is 38.7 Å². The number of nitrogens with zero attached hydrogens (tertiary/aromatic N) is 3. The van der Waals surface area contributed by atoms with Crippen LogP contribution in [0.2, 0.25) is 5.28 Å². The summed E-state index contributed by atoms with van der Waals surface area (Å²) in [5.74, 6) is 1.08. The van der Waals surface area contributed by atoms with Gasteiger partial charge in [0.05, 0.1) is 0 Å². The van der Waals surface area contributed by atoms with Crippen LogP contribution >= 0.6 is 11.6 Å². The van der Waals surface area contributed by atoms with Crippen molar-refractivity contribution in [2.45, 2.75) is 0 Å². The van der Waals surface area contributed by atoms with Crippen LogP contribution in [0.25, 0.3) is 77.7 Å². The molecule has 0 amide bonds. The van der Waals surface area contributed by atoms with E-state index in [2.05, 4.69) is 149 Å². The van der Waals surface area contributed by atoms with Crippen molar-refractivity contribution in [2.75, 3.05) is 0 Å². The fourth-order valence-electron chi connectivity index (χ4n) is 5.96. The van der Waals surface area contributed by atoms with Gasteiger partial charge in [-0.2, -0.15) is 9.97 Å². The van der Waals surface area contributed by atoms with Crippen LogP contribution in [0.3, 0.4) is 0 Å². The highest BCUT2D eigenvalue weighted by Gasteiger charge is 2.13. The average molecular weight is 596 g/mol. The largest absolute Gasteiger partial charge is 0.226 e. The van der Waals surface area contributed by atoms with Crippen molar-refractivity contribution in [1.29, 1.82) is 0 Å². The molecule has 0 unspecified atom stereocenters. The van der Waals surface area contributed by atoms with Crippen molar-refractivity contribution in [2.24, 2.45) is 0 Å². The molecule has 0 saturated heterocycles. The molecule has 0 aliphatic heterocycles. The van der Waals surface area contributed by atoms with Gasteiger partial charge in [0.1, 0.15) is 0 Å². The van der Waals surface area contributed by atoms with E-state index in [9.17, 15) is 0 Å². The number of halogens is 1. The molecule has 3 nitrogen and oxygen atoms in total. The molecule has 0 atom stereocenters. The van der Waals surface area contributed by atoms with E-state index in [0.29, 0.717) is 11.6 Å². The number of fused-ring (bicyclic) bond motifs is 2. The van der Waals surface area contributed by atoms with E-state index in [4.69, 9.17) is 16.6 Å². The summed E-state index contributed by atoms with van der Waals surface area (Å²) >= 11 is 6.49. The third-order valence-electron chi connectivity index (χ3n) is 8.25. The smallest absolute Gasteiger partial charge is 0.208 e. The Kier molecular flexibility index (Phi) is 6.86. The Balaban J connectivity index is 1.13. The van der Waals surface area contributed by atoms with Gasteiger partial charge in [-0.05, 0) is 84.7 Å². The predicted octanol–water partition coefficient (Wildman–Crippen LogP) is 11.2. The third kappa shape index (κ3) is 5.35. The molecule has 8 rings (SSSR count). The second-order valence-corrected chi connectivity index (χ2v) is 11.4. The summed E-state index contributed by atoms with van der Waals surface area (Å²) in [5.41, 5.74) is 8.72. The Labute approximate surface area is 266 Å². The van der Waals surface area contributed by atoms with E-state index in [1.54, 1.807) is 0 Å². The summed E-state index contributed by atoms with van der Waals surface area (Å²) in [6.45, 7) is 0. The molecule has 0 bridgehead atoms. The normalized spacial score (nSPS) is 11.2. The zero-order valence-electron chi connectivity index (χ0n) is 24.2. The summed E-state index contributed by atoms with van der Waals surface area (Å²) in [6, 6.07) is 55.0. The Morgan fingerprint density at radius 2 is 0.867 bits per heavy atom. The molecule has 0 spiro atoms. The Hall–Kier alpha value is -5.64. The maximum absolute atomic E-state index is 6.49. The van der Waals surface area contributed by atoms with Crippen LogP contribution in [0.15, 0.2) is 158 Å². The second-order valence-electron chi connectivity index (χ2n) is 11.1. The molecule has 4 heteroatoms. The molecule has 0 fully saturated rings. The minimum Gasteiger partial charge on any atom is -0.208 e. The molecule has 0 N–H and O–H groups in total. The maximum atomic E-state index is 6.49. The van der Waals surface area contributed by atoms with Gasteiger partial charge in [-0.15, -0.1) is 0 Å². The van der Waals surface area contributed by atoms with Crippen LogP contribution in [-0.2, 0) is 0 Å². The lowest BCUT2D eigenvalue weighted by molar-refractivity contribution is 1.07. The van der Waals surface area contributed by atoms with Gasteiger partial charge >= 0.3 is 0 Å². The summed E-state index contributed by atoms with van der Waals surface area (Å²) in [4.78, 5) is 13.9. The predicted molar refractivity (Wildman–Crippen MR) is 187 cm³/mol. The van der Waals surface area contributed by atoms with Crippen molar-refractivity contribution < 1.29 is 0 Å². The van der Waals surface area contributed by atoms with Gasteiger partial charge in [0, 0.05) is 11.1 Å². The number of aromatic nitrogens is 3. The third-order valence-corrected chi connectivity index (χ3v) is 8.42. The highest BCUT2D eigenvalue weighted by molar-refractivity contribution is 6.28. The van der Waals surface area contributed by atoms with E-state index in [0.717, 1.165) is 27.6 Å². The van der Waals surface area contributed by atoms with E-state index in [-0.39, 0.29) is 5.28 Å². The van der Waals surface area contributed by atoms with Gasteiger partial charge in [-0.25, -0.2) is 4.98 Å². The second kappa shape index (κ2) is 11.5. The first kappa shape index (κ1) is 26.9. The molecule has 0 saturated carbocycles. The molecule has 0 aliphatic rings. The van der Waals surface area contributed by atoms with Gasteiger partial charge in [-0.1, -0.05) is 140 Å². The summed E-state index contributed by atoms with van der Waals surface area (Å²) < 4.78 is 0. The molecule has 7 aromatic carbocycles. The Morgan fingerprint density at radius 3 is 1.67 bits per heavy atom. The first-order valence-electron chi connectivity index (χ1n) is 14.9. The van der Waals surface area contributed by atoms with Crippen LogP contribution in [0.5, 0.6) is 0 Å². The molecular formula is C41H26ClN3. The molecule has 0 aliphatic carbocycles. The van der Waals surface area contributed by atoms with Gasteiger partial charge in [0.25, 0.3) is 0 Å². The lowest BCUT2D eigenvalue weighted by Gasteiger charge is -2.11. The van der Waals surface area contributed by atoms with Crippen LogP contribution in [-0.4, -0.2) is 15.0 Å². The van der Waals surface area contributed by atoms with Gasteiger partial charge < -0.3 is 0 Å². The number of benzene rings is 7. The van der Waals surface area contributed by atoms with Crippen LogP contribution in [0.1, 0.15) is 0 Å². The first-order chi connectivity index (χ1) is 22.2. The van der Waals surface area contributed by atoms with E-state index >= 15 is 0 Å². The van der Waals surface area contributed by atoms with E-state index in [1.165, 1.54) is 38.4 Å². The summed E-state index contributed by atoms with van der Waals surface area (Å²) in [6.07, 6.45) is 0. The summed E-state index contributed by atoms with van der Waals surface area (Å²) in [7, 11) is 0.